The summed E-state index contributed by atoms with van der Waals surface area (Å²) < 4.78 is 7.65. The summed E-state index contributed by atoms with van der Waals surface area (Å²) in [6.07, 6.45) is 6.95. The molecule has 1 saturated carbocycles. The first-order chi connectivity index (χ1) is 13.1. The monoisotopic (exact) mass is 390 g/mol. The number of carbonyl (C=O) groups excluding carboxylic acids is 1. The van der Waals surface area contributed by atoms with Crippen LogP contribution in [0, 0.1) is 0 Å². The molecule has 1 fully saturated rings. The Balaban J connectivity index is 1.36. The van der Waals surface area contributed by atoms with Crippen LogP contribution in [0.2, 0.25) is 5.02 Å². The van der Waals surface area contributed by atoms with Gasteiger partial charge in [0.15, 0.2) is 0 Å². The molecule has 1 N–H and O–H groups in total. The van der Waals surface area contributed by atoms with Crippen molar-refractivity contribution in [2.45, 2.75) is 38.1 Å². The van der Waals surface area contributed by atoms with Crippen molar-refractivity contribution in [2.75, 3.05) is 32.1 Å². The number of ether oxygens (including phenoxy) is 1. The zero-order valence-corrected chi connectivity index (χ0v) is 16.5. The summed E-state index contributed by atoms with van der Waals surface area (Å²) in [5, 5.41) is 8.08. The Bertz CT molecular complexity index is 726. The van der Waals surface area contributed by atoms with Crippen LogP contribution in [0.25, 0.3) is 0 Å². The number of rotatable bonds is 9. The highest BCUT2D eigenvalue weighted by Crippen LogP contribution is 2.31. The van der Waals surface area contributed by atoms with Gasteiger partial charge in [-0.2, -0.15) is 5.10 Å². The number of hydrogen-bond donors (Lipinski definition) is 1. The second-order valence-electron chi connectivity index (χ2n) is 7.00. The molecule has 6 nitrogen and oxygen atoms in total. The van der Waals surface area contributed by atoms with Gasteiger partial charge < -0.3 is 15.0 Å². The molecule has 146 valence electrons. The van der Waals surface area contributed by atoms with Gasteiger partial charge in [-0.1, -0.05) is 24.4 Å². The van der Waals surface area contributed by atoms with Gasteiger partial charge in [0, 0.05) is 30.6 Å². The molecule has 0 atom stereocenters. The van der Waals surface area contributed by atoms with Crippen LogP contribution in [0.4, 0.5) is 5.82 Å². The zero-order chi connectivity index (χ0) is 19.1. The van der Waals surface area contributed by atoms with Gasteiger partial charge in [0.05, 0.1) is 12.2 Å². The molecule has 3 rings (SSSR count). The number of nitrogens with zero attached hydrogens (tertiary/aromatic N) is 3. The minimum absolute atomic E-state index is 0.0141. The molecule has 2 aromatic rings. The van der Waals surface area contributed by atoms with Crippen molar-refractivity contribution in [3.63, 3.8) is 0 Å². The second-order valence-corrected chi connectivity index (χ2v) is 7.44. The second kappa shape index (κ2) is 9.76. The summed E-state index contributed by atoms with van der Waals surface area (Å²) in [6, 6.07) is 9.61. The topological polar surface area (TPSA) is 59.4 Å². The molecule has 1 aromatic carbocycles. The minimum Gasteiger partial charge on any atom is -0.492 e. The van der Waals surface area contributed by atoms with E-state index in [0.29, 0.717) is 30.6 Å². The molecule has 1 aliphatic rings. The third-order valence-electron chi connectivity index (χ3n) is 4.88. The van der Waals surface area contributed by atoms with Gasteiger partial charge in [-0.15, -0.1) is 0 Å². The van der Waals surface area contributed by atoms with Gasteiger partial charge in [-0.3, -0.25) is 4.79 Å². The lowest BCUT2D eigenvalue weighted by Crippen LogP contribution is -2.28. The van der Waals surface area contributed by atoms with Gasteiger partial charge in [0.25, 0.3) is 0 Å². The van der Waals surface area contributed by atoms with E-state index in [2.05, 4.69) is 15.3 Å². The van der Waals surface area contributed by atoms with Gasteiger partial charge >= 0.3 is 0 Å². The smallest absolute Gasteiger partial charge is 0.226 e. The molecule has 1 aromatic heterocycles. The van der Waals surface area contributed by atoms with E-state index in [1.54, 1.807) is 18.3 Å². The number of hydrogen-bond acceptors (Lipinski definition) is 4. The number of nitrogens with one attached hydrogen (secondary N) is 1. The van der Waals surface area contributed by atoms with Crippen LogP contribution in [0.5, 0.6) is 5.75 Å². The van der Waals surface area contributed by atoms with E-state index >= 15 is 0 Å². The van der Waals surface area contributed by atoms with Crippen LogP contribution in [-0.2, 0) is 4.79 Å². The lowest BCUT2D eigenvalue weighted by molar-refractivity contribution is -0.116. The molecule has 1 heterocycles. The molecule has 0 bridgehead atoms. The van der Waals surface area contributed by atoms with Crippen molar-refractivity contribution in [1.82, 2.24) is 14.7 Å². The highest BCUT2D eigenvalue weighted by Gasteiger charge is 2.20. The molecule has 0 spiro atoms. The van der Waals surface area contributed by atoms with Crippen molar-refractivity contribution in [3.05, 3.63) is 41.6 Å². The Morgan fingerprint density at radius 3 is 2.74 bits per heavy atom. The molecule has 27 heavy (non-hydrogen) atoms. The highest BCUT2D eigenvalue weighted by molar-refractivity contribution is 6.30. The minimum atomic E-state index is 0.0141. The quantitative estimate of drug-likeness (QED) is 0.703. The van der Waals surface area contributed by atoms with E-state index in [-0.39, 0.29) is 5.91 Å². The normalized spacial score (nSPS) is 14.6. The van der Waals surface area contributed by atoms with E-state index in [0.717, 1.165) is 31.0 Å². The Kier molecular flexibility index (Phi) is 7.12. The maximum absolute atomic E-state index is 12.3. The molecule has 1 aliphatic carbocycles. The van der Waals surface area contributed by atoms with Gasteiger partial charge in [-0.25, -0.2) is 4.68 Å². The number of halogens is 1. The maximum Gasteiger partial charge on any atom is 0.226 e. The van der Waals surface area contributed by atoms with Crippen LogP contribution in [0.15, 0.2) is 36.5 Å². The van der Waals surface area contributed by atoms with Crippen molar-refractivity contribution < 1.29 is 9.53 Å². The first kappa shape index (κ1) is 19.7. The molecule has 0 aliphatic heterocycles. The first-order valence-electron chi connectivity index (χ1n) is 9.52. The predicted molar refractivity (Wildman–Crippen MR) is 107 cm³/mol. The van der Waals surface area contributed by atoms with E-state index in [1.807, 2.05) is 29.9 Å². The van der Waals surface area contributed by atoms with Crippen LogP contribution in [0.3, 0.4) is 0 Å². The van der Waals surface area contributed by atoms with E-state index < -0.39 is 0 Å². The number of aromatic nitrogens is 2. The average Bonchev–Trinajstić information content (AvgIpc) is 3.33. The van der Waals surface area contributed by atoms with Crippen LogP contribution >= 0.6 is 11.6 Å². The fourth-order valence-corrected chi connectivity index (χ4v) is 3.44. The van der Waals surface area contributed by atoms with E-state index in [9.17, 15) is 4.79 Å². The molecule has 0 unspecified atom stereocenters. The number of amides is 1. The molecule has 7 heteroatoms. The Morgan fingerprint density at radius 1 is 1.26 bits per heavy atom. The fraction of sp³-hybridized carbons (Fsp3) is 0.500. The fourth-order valence-electron chi connectivity index (χ4n) is 3.31. The predicted octanol–water partition coefficient (Wildman–Crippen LogP) is 3.99. The largest absolute Gasteiger partial charge is 0.492 e. The highest BCUT2D eigenvalue weighted by atomic mass is 35.5. The molecule has 0 saturated heterocycles. The third-order valence-corrected chi connectivity index (χ3v) is 5.14. The number of anilines is 1. The van der Waals surface area contributed by atoms with Gasteiger partial charge in [0.2, 0.25) is 5.91 Å². The van der Waals surface area contributed by atoms with Gasteiger partial charge in [-0.05, 0) is 44.2 Å². The standard InChI is InChI=1S/C20H27ClN4O2/c1-24(14-15-27-18-8-6-16(21)7-9-18)13-11-20(26)23-19-10-12-22-25(19)17-4-2-3-5-17/h6-10,12,17H,2-5,11,13-15H2,1H3,(H,23,26). The SMILES string of the molecule is CN(CCOc1ccc(Cl)cc1)CCC(=O)Nc1ccnn1C1CCCC1. The number of benzene rings is 1. The van der Waals surface area contributed by atoms with E-state index in [4.69, 9.17) is 16.3 Å². The van der Waals surface area contributed by atoms with E-state index in [1.165, 1.54) is 12.8 Å². The maximum atomic E-state index is 12.3. The number of carbonyl (C=O) groups is 1. The molecule has 0 radical (unpaired) electrons. The van der Waals surface area contributed by atoms with Crippen molar-refractivity contribution >= 4 is 23.3 Å². The number of likely N-dealkylation sites (N-methyl/N-ethyl adjacent to an activating group) is 1. The van der Waals surface area contributed by atoms with Crippen LogP contribution in [-0.4, -0.2) is 47.3 Å². The summed E-state index contributed by atoms with van der Waals surface area (Å²) in [5.74, 6) is 1.62. The van der Waals surface area contributed by atoms with Crippen LogP contribution < -0.4 is 10.1 Å². The van der Waals surface area contributed by atoms with Gasteiger partial charge in [0.1, 0.15) is 18.2 Å². The van der Waals surface area contributed by atoms with Crippen molar-refractivity contribution in [2.24, 2.45) is 0 Å². The Hall–Kier alpha value is -2.05. The summed E-state index contributed by atoms with van der Waals surface area (Å²) in [4.78, 5) is 14.4. The average molecular weight is 391 g/mol. The lowest BCUT2D eigenvalue weighted by Gasteiger charge is -2.18. The van der Waals surface area contributed by atoms with Crippen LogP contribution in [0.1, 0.15) is 38.1 Å². The van der Waals surface area contributed by atoms with Crippen molar-refractivity contribution in [3.8, 4) is 5.75 Å². The molecule has 1 amide bonds. The summed E-state index contributed by atoms with van der Waals surface area (Å²) in [5.41, 5.74) is 0. The third kappa shape index (κ3) is 5.97. The summed E-state index contributed by atoms with van der Waals surface area (Å²) in [7, 11) is 1.99. The Morgan fingerprint density at radius 2 is 2.00 bits per heavy atom. The summed E-state index contributed by atoms with van der Waals surface area (Å²) >= 11 is 5.86. The first-order valence-corrected chi connectivity index (χ1v) is 9.90. The molecular formula is C20H27ClN4O2. The van der Waals surface area contributed by atoms with Crippen molar-refractivity contribution in [1.29, 1.82) is 0 Å². The Labute approximate surface area is 165 Å². The lowest BCUT2D eigenvalue weighted by atomic mass is 10.2. The molecular weight excluding hydrogens is 364 g/mol. The zero-order valence-electron chi connectivity index (χ0n) is 15.7. The summed E-state index contributed by atoms with van der Waals surface area (Å²) in [6.45, 7) is 1.98.